The molecule has 1 fully saturated rings. The maximum atomic E-state index is 12.6. The van der Waals surface area contributed by atoms with Crippen molar-refractivity contribution in [2.75, 3.05) is 26.3 Å². The van der Waals surface area contributed by atoms with E-state index in [4.69, 9.17) is 9.84 Å². The third-order valence-corrected chi connectivity index (χ3v) is 3.73. The lowest BCUT2D eigenvalue weighted by atomic mass is 10.1. The number of amides is 1. The van der Waals surface area contributed by atoms with Crippen LogP contribution in [0.1, 0.15) is 23.2 Å². The molecule has 0 spiro atoms. The fourth-order valence-electron chi connectivity index (χ4n) is 2.61. The number of aliphatic hydroxyl groups excluding tert-OH is 1. The molecule has 2 aromatic rings. The van der Waals surface area contributed by atoms with Crippen LogP contribution < -0.4 is 0 Å². The zero-order chi connectivity index (χ0) is 14.7. The van der Waals surface area contributed by atoms with Gasteiger partial charge in [-0.3, -0.25) is 9.78 Å². The van der Waals surface area contributed by atoms with Crippen LogP contribution in [-0.2, 0) is 4.74 Å². The Morgan fingerprint density at radius 3 is 2.95 bits per heavy atom. The van der Waals surface area contributed by atoms with Crippen molar-refractivity contribution in [3.63, 3.8) is 0 Å². The van der Waals surface area contributed by atoms with Gasteiger partial charge in [-0.25, -0.2) is 4.52 Å². The first-order valence-electron chi connectivity index (χ1n) is 7.08. The summed E-state index contributed by atoms with van der Waals surface area (Å²) >= 11 is 0. The van der Waals surface area contributed by atoms with Gasteiger partial charge in [0.25, 0.3) is 5.91 Å². The van der Waals surface area contributed by atoms with Gasteiger partial charge in [-0.1, -0.05) is 0 Å². The van der Waals surface area contributed by atoms with Crippen LogP contribution in [-0.4, -0.2) is 62.9 Å². The summed E-state index contributed by atoms with van der Waals surface area (Å²) in [5.74, 6) is -0.0152. The highest BCUT2D eigenvalue weighted by atomic mass is 16.5. The molecule has 7 heteroatoms. The van der Waals surface area contributed by atoms with E-state index in [2.05, 4.69) is 10.1 Å². The zero-order valence-corrected chi connectivity index (χ0v) is 11.7. The van der Waals surface area contributed by atoms with Crippen LogP contribution in [0, 0.1) is 0 Å². The lowest BCUT2D eigenvalue weighted by Gasteiger charge is -2.31. The Hall–Kier alpha value is -1.99. The third-order valence-electron chi connectivity index (χ3n) is 3.73. The highest BCUT2D eigenvalue weighted by Crippen LogP contribution is 2.18. The van der Waals surface area contributed by atoms with Crippen LogP contribution in [0.15, 0.2) is 24.8 Å². The van der Waals surface area contributed by atoms with Gasteiger partial charge in [0, 0.05) is 25.5 Å². The highest BCUT2D eigenvalue weighted by Gasteiger charge is 2.25. The van der Waals surface area contributed by atoms with Crippen LogP contribution in [0.2, 0.25) is 0 Å². The summed E-state index contributed by atoms with van der Waals surface area (Å²) in [4.78, 5) is 18.4. The molecule has 0 aliphatic carbocycles. The second kappa shape index (κ2) is 6.19. The quantitative estimate of drug-likeness (QED) is 0.878. The van der Waals surface area contributed by atoms with Crippen molar-refractivity contribution in [2.24, 2.45) is 0 Å². The molecule has 1 aliphatic rings. The Bertz CT molecular complexity index is 619. The van der Waals surface area contributed by atoms with E-state index in [9.17, 15) is 4.79 Å². The average molecular weight is 290 g/mol. The number of ether oxygens (including phenoxy) is 1. The first-order chi connectivity index (χ1) is 10.3. The number of aliphatic hydroxyl groups is 1. The molecule has 0 bridgehead atoms. The third kappa shape index (κ3) is 2.88. The van der Waals surface area contributed by atoms with E-state index < -0.39 is 0 Å². The number of likely N-dealkylation sites (tertiary alicyclic amines) is 1. The lowest BCUT2D eigenvalue weighted by Crippen LogP contribution is -2.41. The van der Waals surface area contributed by atoms with Gasteiger partial charge in [0.05, 0.1) is 42.8 Å². The molecule has 0 atom stereocenters. The minimum absolute atomic E-state index is 0.0152. The predicted octanol–water partition coefficient (Wildman–Crippen LogP) is 0.343. The van der Waals surface area contributed by atoms with E-state index in [1.807, 2.05) is 4.90 Å². The van der Waals surface area contributed by atoms with Crippen LogP contribution in [0.5, 0.6) is 0 Å². The summed E-state index contributed by atoms with van der Waals surface area (Å²) in [6.45, 7) is 1.71. The van der Waals surface area contributed by atoms with Crippen molar-refractivity contribution >= 4 is 11.4 Å². The largest absolute Gasteiger partial charge is 0.394 e. The SMILES string of the molecule is O=C(c1cnn2ccncc12)N1CCC(OCCO)CC1. The molecule has 0 unspecified atom stereocenters. The average Bonchev–Trinajstić information content (AvgIpc) is 2.97. The van der Waals surface area contributed by atoms with Crippen molar-refractivity contribution in [1.82, 2.24) is 19.5 Å². The van der Waals surface area contributed by atoms with Gasteiger partial charge >= 0.3 is 0 Å². The van der Waals surface area contributed by atoms with E-state index in [0.29, 0.717) is 25.3 Å². The molecular formula is C14H18N4O3. The van der Waals surface area contributed by atoms with Crippen LogP contribution in [0.25, 0.3) is 5.52 Å². The number of fused-ring (bicyclic) bond motifs is 1. The van der Waals surface area contributed by atoms with Crippen molar-refractivity contribution in [3.05, 3.63) is 30.4 Å². The molecule has 112 valence electrons. The molecule has 3 rings (SSSR count). The first kappa shape index (κ1) is 14.0. The van der Waals surface area contributed by atoms with Gasteiger partial charge in [-0.15, -0.1) is 0 Å². The Morgan fingerprint density at radius 1 is 1.38 bits per heavy atom. The molecule has 1 saturated heterocycles. The first-order valence-corrected chi connectivity index (χ1v) is 7.08. The van der Waals surface area contributed by atoms with Gasteiger partial charge in [-0.05, 0) is 12.8 Å². The molecule has 1 N–H and O–H groups in total. The van der Waals surface area contributed by atoms with Crippen LogP contribution in [0.4, 0.5) is 0 Å². The molecule has 2 aromatic heterocycles. The summed E-state index contributed by atoms with van der Waals surface area (Å²) in [5, 5.41) is 12.9. The maximum Gasteiger partial charge on any atom is 0.257 e. The Morgan fingerprint density at radius 2 is 2.19 bits per heavy atom. The molecule has 1 amide bonds. The predicted molar refractivity (Wildman–Crippen MR) is 75.0 cm³/mol. The van der Waals surface area contributed by atoms with Gasteiger partial charge < -0.3 is 14.7 Å². The number of piperidine rings is 1. The van der Waals surface area contributed by atoms with Gasteiger partial charge in [-0.2, -0.15) is 5.10 Å². The summed E-state index contributed by atoms with van der Waals surface area (Å²) in [6.07, 6.45) is 8.32. The molecule has 1 aliphatic heterocycles. The number of carbonyl (C=O) groups excluding carboxylic acids is 1. The van der Waals surface area contributed by atoms with E-state index in [0.717, 1.165) is 18.4 Å². The normalized spacial score (nSPS) is 16.5. The molecule has 0 aromatic carbocycles. The number of hydrogen-bond donors (Lipinski definition) is 1. The van der Waals surface area contributed by atoms with E-state index in [1.54, 1.807) is 29.3 Å². The summed E-state index contributed by atoms with van der Waals surface area (Å²) in [7, 11) is 0. The fraction of sp³-hybridized carbons (Fsp3) is 0.500. The Kier molecular flexibility index (Phi) is 4.12. The Balaban J connectivity index is 1.67. The number of carbonyl (C=O) groups is 1. The standard InChI is InChI=1S/C14H18N4O3/c19-7-8-21-11-1-4-17(5-2-11)14(20)12-9-16-18-6-3-15-10-13(12)18/h3,6,9-11,19H,1-2,4-5,7-8H2. The maximum absolute atomic E-state index is 12.6. The van der Waals surface area contributed by atoms with Crippen molar-refractivity contribution in [1.29, 1.82) is 0 Å². The molecular weight excluding hydrogens is 272 g/mol. The summed E-state index contributed by atoms with van der Waals surface area (Å²) < 4.78 is 7.16. The fourth-order valence-corrected chi connectivity index (χ4v) is 2.61. The molecule has 7 nitrogen and oxygen atoms in total. The van der Waals surface area contributed by atoms with Crippen LogP contribution in [0.3, 0.4) is 0 Å². The smallest absolute Gasteiger partial charge is 0.257 e. The van der Waals surface area contributed by atoms with E-state index >= 15 is 0 Å². The number of rotatable bonds is 4. The molecule has 21 heavy (non-hydrogen) atoms. The van der Waals surface area contributed by atoms with Gasteiger partial charge in [0.2, 0.25) is 0 Å². The van der Waals surface area contributed by atoms with E-state index in [1.165, 1.54) is 0 Å². The summed E-state index contributed by atoms with van der Waals surface area (Å²) in [6, 6.07) is 0. The van der Waals surface area contributed by atoms with E-state index in [-0.39, 0.29) is 18.6 Å². The minimum atomic E-state index is -0.0152. The number of nitrogens with zero attached hydrogens (tertiary/aromatic N) is 4. The highest BCUT2D eigenvalue weighted by molar-refractivity contribution is 6.00. The second-order valence-corrected chi connectivity index (χ2v) is 5.05. The Labute approximate surface area is 122 Å². The van der Waals surface area contributed by atoms with Gasteiger partial charge in [0.15, 0.2) is 0 Å². The molecule has 0 saturated carbocycles. The van der Waals surface area contributed by atoms with Crippen molar-refractivity contribution < 1.29 is 14.6 Å². The molecule has 0 radical (unpaired) electrons. The van der Waals surface area contributed by atoms with Gasteiger partial charge in [0.1, 0.15) is 0 Å². The topological polar surface area (TPSA) is 80.0 Å². The summed E-state index contributed by atoms with van der Waals surface area (Å²) in [5.41, 5.74) is 1.30. The zero-order valence-electron chi connectivity index (χ0n) is 11.7. The second-order valence-electron chi connectivity index (χ2n) is 5.05. The molecule has 3 heterocycles. The monoisotopic (exact) mass is 290 g/mol. The van der Waals surface area contributed by atoms with Crippen molar-refractivity contribution in [3.8, 4) is 0 Å². The number of hydrogen-bond acceptors (Lipinski definition) is 5. The lowest BCUT2D eigenvalue weighted by molar-refractivity contribution is -0.00550. The number of aromatic nitrogens is 3. The van der Waals surface area contributed by atoms with Crippen molar-refractivity contribution in [2.45, 2.75) is 18.9 Å². The van der Waals surface area contributed by atoms with Crippen LogP contribution >= 0.6 is 0 Å². The minimum Gasteiger partial charge on any atom is -0.394 e.